The fraction of sp³-hybridized carbons (Fsp3) is 0.250. The smallest absolute Gasteiger partial charge is 0.330 e. The highest BCUT2D eigenvalue weighted by Crippen LogP contribution is 2.48. The van der Waals surface area contributed by atoms with Crippen molar-refractivity contribution in [1.82, 2.24) is 0 Å². The number of benzene rings is 1. The zero-order chi connectivity index (χ0) is 15.4. The van der Waals surface area contributed by atoms with Gasteiger partial charge in [0.05, 0.1) is 17.9 Å². The molecule has 0 spiro atoms. The fourth-order valence-electron chi connectivity index (χ4n) is 1.18. The van der Waals surface area contributed by atoms with E-state index >= 15 is 0 Å². The normalized spacial score (nSPS) is 11.9. The molecule has 8 heteroatoms. The molecule has 1 aromatic rings. The molecule has 0 N–H and O–H groups in total. The highest BCUT2D eigenvalue weighted by molar-refractivity contribution is 9.15. The van der Waals surface area contributed by atoms with Crippen LogP contribution in [0, 0.1) is 0 Å². The molecule has 1 aromatic carbocycles. The molecule has 0 aliphatic rings. The Balaban J connectivity index is 2.93. The van der Waals surface area contributed by atoms with Crippen molar-refractivity contribution in [2.75, 3.05) is 6.61 Å². The Morgan fingerprint density at radius 1 is 1.10 bits per heavy atom. The molecule has 0 radical (unpaired) electrons. The fourth-order valence-corrected chi connectivity index (χ4v) is 4.38. The zero-order valence-corrected chi connectivity index (χ0v) is 18.1. The monoisotopic (exact) mass is 596 g/mol. The van der Waals surface area contributed by atoms with Crippen molar-refractivity contribution >= 4 is 85.6 Å². The van der Waals surface area contributed by atoms with E-state index in [2.05, 4.69) is 86.2 Å². The molecular weight excluding hydrogens is 592 g/mol. The molecule has 1 unspecified atom stereocenters. The first-order valence-electron chi connectivity index (χ1n) is 5.26. The Hall–Kier alpha value is 0.630. The first-order chi connectivity index (χ1) is 9.29. The van der Waals surface area contributed by atoms with Crippen LogP contribution < -0.4 is 4.74 Å². The zero-order valence-electron chi connectivity index (χ0n) is 10.2. The SMILES string of the molecule is C=CC(=O)OCC(C)Oc1c(Br)c(Br)c(Br)c(Br)c1Br. The van der Waals surface area contributed by atoms with E-state index in [-0.39, 0.29) is 12.7 Å². The highest BCUT2D eigenvalue weighted by atomic mass is 79.9. The average Bonchev–Trinajstić information content (AvgIpc) is 2.44. The van der Waals surface area contributed by atoms with Crippen molar-refractivity contribution in [2.45, 2.75) is 13.0 Å². The van der Waals surface area contributed by atoms with Crippen LogP contribution in [-0.4, -0.2) is 18.7 Å². The van der Waals surface area contributed by atoms with Gasteiger partial charge >= 0.3 is 5.97 Å². The van der Waals surface area contributed by atoms with Crippen molar-refractivity contribution in [3.05, 3.63) is 35.0 Å². The summed E-state index contributed by atoms with van der Waals surface area (Å²) in [5, 5.41) is 0. The first-order valence-corrected chi connectivity index (χ1v) is 9.23. The molecule has 0 aliphatic carbocycles. The van der Waals surface area contributed by atoms with Gasteiger partial charge in [0.2, 0.25) is 0 Å². The summed E-state index contributed by atoms with van der Waals surface area (Å²) in [6.07, 6.45) is 0.803. The van der Waals surface area contributed by atoms with Crippen molar-refractivity contribution in [3.8, 4) is 5.75 Å². The van der Waals surface area contributed by atoms with Gasteiger partial charge in [-0.3, -0.25) is 0 Å². The van der Waals surface area contributed by atoms with E-state index in [9.17, 15) is 4.79 Å². The number of ether oxygens (including phenoxy) is 2. The van der Waals surface area contributed by atoms with E-state index in [4.69, 9.17) is 9.47 Å². The minimum absolute atomic E-state index is 0.134. The molecule has 0 saturated heterocycles. The Bertz CT molecular complexity index is 515. The van der Waals surface area contributed by atoms with E-state index in [0.717, 1.165) is 28.4 Å². The van der Waals surface area contributed by atoms with Crippen LogP contribution in [0.25, 0.3) is 0 Å². The quantitative estimate of drug-likeness (QED) is 0.180. The van der Waals surface area contributed by atoms with E-state index in [1.165, 1.54) is 0 Å². The predicted molar refractivity (Wildman–Crippen MR) is 96.2 cm³/mol. The van der Waals surface area contributed by atoms with Gasteiger partial charge in [0.25, 0.3) is 0 Å². The number of hydrogen-bond donors (Lipinski definition) is 0. The summed E-state index contributed by atoms with van der Waals surface area (Å²) >= 11 is 17.3. The van der Waals surface area contributed by atoms with E-state index in [1.54, 1.807) is 6.92 Å². The predicted octanol–water partition coefficient (Wildman–Crippen LogP) is 6.00. The number of carbonyl (C=O) groups excluding carboxylic acids is 1. The van der Waals surface area contributed by atoms with Crippen LogP contribution >= 0.6 is 79.6 Å². The second kappa shape index (κ2) is 8.31. The number of halogens is 5. The third kappa shape index (κ3) is 4.56. The summed E-state index contributed by atoms with van der Waals surface area (Å²) in [5.41, 5.74) is 0. The van der Waals surface area contributed by atoms with Gasteiger partial charge in [-0.2, -0.15) is 0 Å². The standard InChI is InChI=1S/C12H9Br5O3/c1-3-6(18)19-4-5(2)20-12-10(16)8(14)7(13)9(15)11(12)17/h3,5H,1,4H2,2H3. The number of esters is 1. The van der Waals surface area contributed by atoms with Gasteiger partial charge in [-0.25, -0.2) is 4.79 Å². The third-order valence-electron chi connectivity index (χ3n) is 2.12. The minimum atomic E-state index is -0.475. The molecule has 1 rings (SSSR count). The Kier molecular flexibility index (Phi) is 7.76. The lowest BCUT2D eigenvalue weighted by atomic mass is 10.3. The van der Waals surface area contributed by atoms with Crippen molar-refractivity contribution in [2.24, 2.45) is 0 Å². The van der Waals surface area contributed by atoms with Crippen LogP contribution in [0.2, 0.25) is 0 Å². The van der Waals surface area contributed by atoms with Crippen LogP contribution in [0.5, 0.6) is 5.75 Å². The summed E-state index contributed by atoms with van der Waals surface area (Å²) in [4.78, 5) is 11.0. The van der Waals surface area contributed by atoms with Crippen LogP contribution in [0.15, 0.2) is 35.0 Å². The maximum atomic E-state index is 11.0. The summed E-state index contributed by atoms with van der Waals surface area (Å²) in [5.74, 6) is 0.130. The minimum Gasteiger partial charge on any atom is -0.485 e. The molecule has 3 nitrogen and oxygen atoms in total. The molecule has 0 amide bonds. The molecule has 0 aromatic heterocycles. The van der Waals surface area contributed by atoms with Gasteiger partial charge in [0, 0.05) is 10.5 Å². The average molecular weight is 601 g/mol. The van der Waals surface area contributed by atoms with Crippen molar-refractivity contribution < 1.29 is 14.3 Å². The molecule has 110 valence electrons. The van der Waals surface area contributed by atoms with Crippen LogP contribution in [0.1, 0.15) is 6.92 Å². The summed E-state index contributed by atoms with van der Waals surface area (Å²) < 4.78 is 14.7. The number of rotatable bonds is 5. The lowest BCUT2D eigenvalue weighted by Crippen LogP contribution is -2.21. The van der Waals surface area contributed by atoms with Gasteiger partial charge in [-0.05, 0) is 86.6 Å². The second-order valence-corrected chi connectivity index (χ2v) is 7.63. The summed E-state index contributed by atoms with van der Waals surface area (Å²) in [6.45, 7) is 5.27. The molecule has 0 fully saturated rings. The van der Waals surface area contributed by atoms with Crippen LogP contribution in [0.3, 0.4) is 0 Å². The van der Waals surface area contributed by atoms with E-state index in [0.29, 0.717) is 5.75 Å². The van der Waals surface area contributed by atoms with Crippen molar-refractivity contribution in [1.29, 1.82) is 0 Å². The first kappa shape index (κ1) is 18.7. The Morgan fingerprint density at radius 3 is 2.00 bits per heavy atom. The van der Waals surface area contributed by atoms with Crippen LogP contribution in [0.4, 0.5) is 0 Å². The van der Waals surface area contributed by atoms with Crippen LogP contribution in [-0.2, 0) is 9.53 Å². The Morgan fingerprint density at radius 2 is 1.55 bits per heavy atom. The molecule has 20 heavy (non-hydrogen) atoms. The number of carbonyl (C=O) groups is 1. The van der Waals surface area contributed by atoms with Gasteiger partial charge in [-0.1, -0.05) is 6.58 Å². The maximum Gasteiger partial charge on any atom is 0.330 e. The lowest BCUT2D eigenvalue weighted by molar-refractivity contribution is -0.139. The molecule has 0 saturated carbocycles. The number of hydrogen-bond acceptors (Lipinski definition) is 3. The molecule has 0 aliphatic heterocycles. The summed E-state index contributed by atoms with van der Waals surface area (Å²) in [6, 6.07) is 0. The second-order valence-electron chi connectivity index (χ2n) is 3.66. The highest BCUT2D eigenvalue weighted by Gasteiger charge is 2.20. The largest absolute Gasteiger partial charge is 0.485 e. The van der Waals surface area contributed by atoms with Gasteiger partial charge < -0.3 is 9.47 Å². The summed E-state index contributed by atoms with van der Waals surface area (Å²) in [7, 11) is 0. The lowest BCUT2D eigenvalue weighted by Gasteiger charge is -2.19. The van der Waals surface area contributed by atoms with Gasteiger partial charge in [-0.15, -0.1) is 0 Å². The third-order valence-corrected chi connectivity index (χ3v) is 8.14. The molecule has 1 atom stereocenters. The van der Waals surface area contributed by atoms with Gasteiger partial charge in [0.1, 0.15) is 12.7 Å². The molecule has 0 heterocycles. The van der Waals surface area contributed by atoms with E-state index in [1.807, 2.05) is 0 Å². The molecular formula is C12H9Br5O3. The molecule has 0 bridgehead atoms. The van der Waals surface area contributed by atoms with E-state index < -0.39 is 5.97 Å². The van der Waals surface area contributed by atoms with Gasteiger partial charge in [0.15, 0.2) is 5.75 Å². The van der Waals surface area contributed by atoms with Crippen molar-refractivity contribution in [3.63, 3.8) is 0 Å². The maximum absolute atomic E-state index is 11.0. The topological polar surface area (TPSA) is 35.5 Å². The Labute approximate surface area is 159 Å².